The Hall–Kier alpha value is -2.90. The molecule has 2 aliphatic rings. The van der Waals surface area contributed by atoms with Gasteiger partial charge in [-0.15, -0.1) is 0 Å². The molecule has 7 heteroatoms. The van der Waals surface area contributed by atoms with Gasteiger partial charge in [0.25, 0.3) is 0 Å². The molecule has 194 valence electrons. The summed E-state index contributed by atoms with van der Waals surface area (Å²) in [5.74, 6) is 1.39. The van der Waals surface area contributed by atoms with Crippen LogP contribution in [0, 0.1) is 11.8 Å². The zero-order valence-corrected chi connectivity index (χ0v) is 21.7. The number of ether oxygens (including phenoxy) is 1. The van der Waals surface area contributed by atoms with Crippen molar-refractivity contribution in [1.82, 2.24) is 9.80 Å². The van der Waals surface area contributed by atoms with E-state index in [1.807, 2.05) is 55.5 Å². The van der Waals surface area contributed by atoms with Crippen molar-refractivity contribution in [2.75, 3.05) is 38.6 Å². The molecular formula is C29H39N3O4. The first-order valence-electron chi connectivity index (χ1n) is 13.0. The summed E-state index contributed by atoms with van der Waals surface area (Å²) in [6.45, 7) is 6.25. The molecule has 2 aromatic rings. The van der Waals surface area contributed by atoms with E-state index in [0.717, 1.165) is 30.1 Å². The normalized spacial score (nSPS) is 21.1. The molecule has 0 unspecified atom stereocenters. The second-order valence-electron chi connectivity index (χ2n) is 10.6. The Labute approximate surface area is 214 Å². The van der Waals surface area contributed by atoms with Gasteiger partial charge in [-0.25, -0.2) is 0 Å². The summed E-state index contributed by atoms with van der Waals surface area (Å²) in [4.78, 5) is 30.1. The number of likely N-dealkylation sites (N-methyl/N-ethyl adjacent to an activating group) is 1. The lowest BCUT2D eigenvalue weighted by molar-refractivity contribution is -0.134. The van der Waals surface area contributed by atoms with E-state index in [0.29, 0.717) is 18.0 Å². The average molecular weight is 494 g/mol. The van der Waals surface area contributed by atoms with E-state index < -0.39 is 0 Å². The van der Waals surface area contributed by atoms with Crippen molar-refractivity contribution in [3.05, 3.63) is 59.7 Å². The molecule has 1 aliphatic heterocycles. The van der Waals surface area contributed by atoms with Crippen molar-refractivity contribution >= 4 is 17.5 Å². The number of hydrogen-bond acceptors (Lipinski definition) is 5. The van der Waals surface area contributed by atoms with Gasteiger partial charge in [-0.2, -0.15) is 0 Å². The zero-order valence-electron chi connectivity index (χ0n) is 21.7. The minimum atomic E-state index is -0.278. The number of aliphatic hydroxyl groups excluding tert-OH is 1. The number of amides is 2. The van der Waals surface area contributed by atoms with E-state index in [-0.39, 0.29) is 49.3 Å². The van der Waals surface area contributed by atoms with Crippen LogP contribution in [-0.2, 0) is 22.4 Å². The lowest BCUT2D eigenvalue weighted by atomic mass is 10.0. The molecule has 1 heterocycles. The lowest BCUT2D eigenvalue weighted by Crippen LogP contribution is -2.47. The third kappa shape index (κ3) is 7.08. The van der Waals surface area contributed by atoms with Crippen LogP contribution < -0.4 is 10.1 Å². The first-order chi connectivity index (χ1) is 17.3. The molecule has 2 N–H and O–H groups in total. The molecule has 0 radical (unpaired) electrons. The van der Waals surface area contributed by atoms with Gasteiger partial charge in [0.2, 0.25) is 11.8 Å². The number of anilines is 1. The van der Waals surface area contributed by atoms with Gasteiger partial charge in [0.05, 0.1) is 25.5 Å². The third-order valence-corrected chi connectivity index (χ3v) is 7.17. The van der Waals surface area contributed by atoms with Gasteiger partial charge in [0, 0.05) is 36.8 Å². The number of fused-ring (bicyclic) bond motifs is 1. The molecule has 0 saturated heterocycles. The van der Waals surface area contributed by atoms with Gasteiger partial charge in [-0.05, 0) is 56.5 Å². The molecular weight excluding hydrogens is 454 g/mol. The van der Waals surface area contributed by atoms with Crippen LogP contribution in [0.4, 0.5) is 5.69 Å². The number of carbonyl (C=O) groups is 2. The highest BCUT2D eigenvalue weighted by atomic mass is 16.5. The highest BCUT2D eigenvalue weighted by Crippen LogP contribution is 2.31. The number of hydrogen-bond donors (Lipinski definition) is 2. The van der Waals surface area contributed by atoms with Crippen LogP contribution >= 0.6 is 0 Å². The summed E-state index contributed by atoms with van der Waals surface area (Å²) in [6.07, 6.45) is 2.92. The quantitative estimate of drug-likeness (QED) is 0.560. The first kappa shape index (κ1) is 26.2. The van der Waals surface area contributed by atoms with E-state index >= 15 is 0 Å². The van der Waals surface area contributed by atoms with Gasteiger partial charge >= 0.3 is 0 Å². The van der Waals surface area contributed by atoms with E-state index in [9.17, 15) is 14.7 Å². The maximum Gasteiger partial charge on any atom is 0.228 e. The van der Waals surface area contributed by atoms with Crippen LogP contribution in [0.3, 0.4) is 0 Å². The van der Waals surface area contributed by atoms with Crippen LogP contribution in [0.2, 0.25) is 0 Å². The van der Waals surface area contributed by atoms with Crippen LogP contribution in [0.5, 0.6) is 5.75 Å². The zero-order chi connectivity index (χ0) is 25.7. The number of rotatable bonds is 9. The van der Waals surface area contributed by atoms with Gasteiger partial charge in [-0.3, -0.25) is 9.59 Å². The van der Waals surface area contributed by atoms with Crippen molar-refractivity contribution in [2.45, 2.75) is 51.7 Å². The van der Waals surface area contributed by atoms with Gasteiger partial charge in [0.15, 0.2) is 0 Å². The molecule has 1 fully saturated rings. The second-order valence-corrected chi connectivity index (χ2v) is 10.6. The Bertz CT molecular complexity index is 1040. The Balaban J connectivity index is 1.55. The van der Waals surface area contributed by atoms with Crippen LogP contribution in [0.1, 0.15) is 37.8 Å². The fourth-order valence-electron chi connectivity index (χ4n) is 4.83. The summed E-state index contributed by atoms with van der Waals surface area (Å²) in [7, 11) is 2.13. The number of nitrogens with one attached hydrogen (secondary N) is 1. The topological polar surface area (TPSA) is 82.1 Å². The number of aliphatic hydroxyl groups is 1. The van der Waals surface area contributed by atoms with E-state index in [4.69, 9.17) is 4.74 Å². The number of benzene rings is 2. The van der Waals surface area contributed by atoms with E-state index in [2.05, 4.69) is 24.2 Å². The van der Waals surface area contributed by atoms with Crippen molar-refractivity contribution in [1.29, 1.82) is 0 Å². The average Bonchev–Trinajstić information content (AvgIpc) is 3.66. The Morgan fingerprint density at radius 3 is 2.64 bits per heavy atom. The molecule has 1 saturated carbocycles. The smallest absolute Gasteiger partial charge is 0.228 e. The fourth-order valence-corrected chi connectivity index (χ4v) is 4.83. The number of nitrogens with zero attached hydrogens (tertiary/aromatic N) is 2. The molecule has 2 aromatic carbocycles. The molecule has 4 rings (SSSR count). The first-order valence-corrected chi connectivity index (χ1v) is 13.0. The Morgan fingerprint density at radius 2 is 1.94 bits per heavy atom. The summed E-state index contributed by atoms with van der Waals surface area (Å²) < 4.78 is 6.57. The van der Waals surface area contributed by atoms with Crippen molar-refractivity contribution in [3.63, 3.8) is 0 Å². The maximum absolute atomic E-state index is 13.3. The molecule has 36 heavy (non-hydrogen) atoms. The highest BCUT2D eigenvalue weighted by molar-refractivity contribution is 5.92. The van der Waals surface area contributed by atoms with Crippen LogP contribution in [0.15, 0.2) is 48.5 Å². The predicted molar refractivity (Wildman–Crippen MR) is 141 cm³/mol. The van der Waals surface area contributed by atoms with E-state index in [1.165, 1.54) is 12.8 Å². The van der Waals surface area contributed by atoms with Crippen molar-refractivity contribution in [2.24, 2.45) is 11.8 Å². The summed E-state index contributed by atoms with van der Waals surface area (Å²) >= 11 is 0. The van der Waals surface area contributed by atoms with Crippen LogP contribution in [-0.4, -0.2) is 72.2 Å². The summed E-state index contributed by atoms with van der Waals surface area (Å²) in [5.41, 5.74) is 2.33. The summed E-state index contributed by atoms with van der Waals surface area (Å²) in [5, 5.41) is 12.8. The molecule has 7 nitrogen and oxygen atoms in total. The predicted octanol–water partition coefficient (Wildman–Crippen LogP) is 3.36. The van der Waals surface area contributed by atoms with Gasteiger partial charge < -0.3 is 25.0 Å². The molecule has 2 amide bonds. The van der Waals surface area contributed by atoms with Gasteiger partial charge in [-0.1, -0.05) is 37.3 Å². The largest absolute Gasteiger partial charge is 0.488 e. The molecule has 0 aromatic heterocycles. The Kier molecular flexibility index (Phi) is 8.64. The monoisotopic (exact) mass is 493 g/mol. The minimum Gasteiger partial charge on any atom is -0.488 e. The van der Waals surface area contributed by atoms with Crippen molar-refractivity contribution < 1.29 is 19.4 Å². The van der Waals surface area contributed by atoms with E-state index in [1.54, 1.807) is 4.90 Å². The molecule has 0 spiro atoms. The standard InChI is InChI=1S/C29H39N3O4/c1-20-16-32(21(2)19-33)29(35)15-24-14-25(30-28(34)13-22-7-5-4-6-8-22)11-12-26(24)36-27(20)18-31(3)17-23-9-10-23/h4-8,11-12,14,20-21,23,27,33H,9-10,13,15-19H2,1-3H3,(H,30,34)/t20-,21-,27+/m0/s1. The second kappa shape index (κ2) is 11.9. The van der Waals surface area contributed by atoms with Crippen molar-refractivity contribution in [3.8, 4) is 5.75 Å². The summed E-state index contributed by atoms with van der Waals surface area (Å²) in [6, 6.07) is 14.9. The minimum absolute atomic E-state index is 0.0482. The number of carbonyl (C=O) groups excluding carboxylic acids is 2. The maximum atomic E-state index is 13.3. The fraction of sp³-hybridized carbons (Fsp3) is 0.517. The SMILES string of the molecule is C[C@H]1CN([C@@H](C)CO)C(=O)Cc2cc(NC(=O)Cc3ccccc3)ccc2O[C@@H]1CN(C)CC1CC1. The van der Waals surface area contributed by atoms with Gasteiger partial charge in [0.1, 0.15) is 11.9 Å². The Morgan fingerprint density at radius 1 is 1.19 bits per heavy atom. The third-order valence-electron chi connectivity index (χ3n) is 7.17. The highest BCUT2D eigenvalue weighted by Gasteiger charge is 2.32. The van der Waals surface area contributed by atoms with Crippen LogP contribution in [0.25, 0.3) is 0 Å². The molecule has 3 atom stereocenters. The molecule has 0 bridgehead atoms. The molecule has 1 aliphatic carbocycles. The lowest BCUT2D eigenvalue weighted by Gasteiger charge is -2.34.